The Hall–Kier alpha value is -2.95. The van der Waals surface area contributed by atoms with Crippen molar-refractivity contribution in [1.82, 2.24) is 5.32 Å². The molecule has 0 saturated heterocycles. The standard InChI is InChI=1S/C20H21NO4/c1-14(16-6-9-18-19(13-16)25-12-11-24-18)21-20(22)10-5-15-3-7-17(23-2)8-4-15/h3-10,13-14H,11-12H2,1-2H3,(H,21,22)/b10-5+/t14-/m0/s1. The molecule has 0 unspecified atom stereocenters. The topological polar surface area (TPSA) is 56.8 Å². The molecule has 1 atom stereocenters. The zero-order valence-electron chi connectivity index (χ0n) is 14.3. The second-order valence-corrected chi connectivity index (χ2v) is 5.74. The first kappa shape index (κ1) is 16.9. The lowest BCUT2D eigenvalue weighted by Gasteiger charge is -2.20. The molecule has 5 nitrogen and oxygen atoms in total. The lowest BCUT2D eigenvalue weighted by molar-refractivity contribution is -0.117. The highest BCUT2D eigenvalue weighted by Gasteiger charge is 2.15. The Bertz CT molecular complexity index is 768. The number of carbonyl (C=O) groups is 1. The van der Waals surface area contributed by atoms with Crippen molar-refractivity contribution in [2.24, 2.45) is 0 Å². The van der Waals surface area contributed by atoms with Crippen LogP contribution in [0.15, 0.2) is 48.5 Å². The van der Waals surface area contributed by atoms with Crippen molar-refractivity contribution in [3.63, 3.8) is 0 Å². The van der Waals surface area contributed by atoms with Crippen LogP contribution in [0.5, 0.6) is 17.2 Å². The van der Waals surface area contributed by atoms with Crippen molar-refractivity contribution in [3.8, 4) is 17.2 Å². The van der Waals surface area contributed by atoms with Crippen molar-refractivity contribution in [2.75, 3.05) is 20.3 Å². The van der Waals surface area contributed by atoms with Gasteiger partial charge in [0.15, 0.2) is 11.5 Å². The molecule has 130 valence electrons. The number of methoxy groups -OCH3 is 1. The van der Waals surface area contributed by atoms with Crippen molar-refractivity contribution in [1.29, 1.82) is 0 Å². The summed E-state index contributed by atoms with van der Waals surface area (Å²) >= 11 is 0. The summed E-state index contributed by atoms with van der Waals surface area (Å²) < 4.78 is 16.2. The smallest absolute Gasteiger partial charge is 0.244 e. The van der Waals surface area contributed by atoms with Gasteiger partial charge in [-0.25, -0.2) is 0 Å². The number of carbonyl (C=O) groups excluding carboxylic acids is 1. The van der Waals surface area contributed by atoms with Crippen LogP contribution in [0.2, 0.25) is 0 Å². The molecule has 5 heteroatoms. The Morgan fingerprint density at radius 3 is 2.56 bits per heavy atom. The largest absolute Gasteiger partial charge is 0.497 e. The second-order valence-electron chi connectivity index (χ2n) is 5.74. The molecule has 0 aromatic heterocycles. The van der Waals surface area contributed by atoms with Gasteiger partial charge in [0.2, 0.25) is 5.91 Å². The van der Waals surface area contributed by atoms with Gasteiger partial charge >= 0.3 is 0 Å². The number of rotatable bonds is 5. The van der Waals surface area contributed by atoms with Crippen LogP contribution in [0.25, 0.3) is 6.08 Å². The predicted octanol–water partition coefficient (Wildman–Crippen LogP) is 3.36. The first-order chi connectivity index (χ1) is 12.2. The van der Waals surface area contributed by atoms with Crippen molar-refractivity contribution >= 4 is 12.0 Å². The van der Waals surface area contributed by atoms with Gasteiger partial charge in [-0.2, -0.15) is 0 Å². The molecule has 1 N–H and O–H groups in total. The van der Waals surface area contributed by atoms with Crippen LogP contribution in [-0.2, 0) is 4.79 Å². The molecule has 0 saturated carbocycles. The third-order valence-corrected chi connectivity index (χ3v) is 3.97. The Morgan fingerprint density at radius 1 is 1.12 bits per heavy atom. The van der Waals surface area contributed by atoms with E-state index in [9.17, 15) is 4.79 Å². The van der Waals surface area contributed by atoms with Crippen molar-refractivity contribution in [2.45, 2.75) is 13.0 Å². The summed E-state index contributed by atoms with van der Waals surface area (Å²) in [5.74, 6) is 2.10. The fraction of sp³-hybridized carbons (Fsp3) is 0.250. The number of fused-ring (bicyclic) bond motifs is 1. The molecule has 25 heavy (non-hydrogen) atoms. The molecule has 1 aliphatic rings. The highest BCUT2D eigenvalue weighted by atomic mass is 16.6. The average molecular weight is 339 g/mol. The van der Waals surface area contributed by atoms with Gasteiger partial charge in [0.25, 0.3) is 0 Å². The van der Waals surface area contributed by atoms with Crippen LogP contribution in [0.4, 0.5) is 0 Å². The van der Waals surface area contributed by atoms with E-state index in [2.05, 4.69) is 5.32 Å². The van der Waals surface area contributed by atoms with E-state index in [0.717, 1.165) is 28.4 Å². The Balaban J connectivity index is 1.60. The summed E-state index contributed by atoms with van der Waals surface area (Å²) in [4.78, 5) is 12.1. The molecule has 3 rings (SSSR count). The maximum absolute atomic E-state index is 12.1. The molecule has 1 aliphatic heterocycles. The van der Waals surface area contributed by atoms with Crippen molar-refractivity contribution in [3.05, 3.63) is 59.7 Å². The molecule has 1 amide bonds. The van der Waals surface area contributed by atoms with Crippen molar-refractivity contribution < 1.29 is 19.0 Å². The highest BCUT2D eigenvalue weighted by molar-refractivity contribution is 5.92. The number of ether oxygens (including phenoxy) is 3. The van der Waals surface area contributed by atoms with Gasteiger partial charge in [-0.1, -0.05) is 18.2 Å². The summed E-state index contributed by atoms with van der Waals surface area (Å²) in [6, 6.07) is 13.1. The molecule has 1 heterocycles. The van der Waals surface area contributed by atoms with E-state index in [1.54, 1.807) is 13.2 Å². The molecule has 0 bridgehead atoms. The number of hydrogen-bond acceptors (Lipinski definition) is 4. The third-order valence-electron chi connectivity index (χ3n) is 3.97. The van der Waals surface area contributed by atoms with Gasteiger partial charge in [0.1, 0.15) is 19.0 Å². The Labute approximate surface area is 147 Å². The van der Waals surface area contributed by atoms with Crippen LogP contribution >= 0.6 is 0 Å². The van der Waals surface area contributed by atoms with Gasteiger partial charge in [0.05, 0.1) is 13.2 Å². The Kier molecular flexibility index (Phi) is 5.23. The van der Waals surface area contributed by atoms with E-state index >= 15 is 0 Å². The minimum atomic E-state index is -0.154. The molecule has 0 spiro atoms. The fourth-order valence-corrected chi connectivity index (χ4v) is 2.56. The quantitative estimate of drug-likeness (QED) is 0.849. The van der Waals surface area contributed by atoms with Crippen LogP contribution < -0.4 is 19.5 Å². The van der Waals surface area contributed by atoms with E-state index in [1.165, 1.54) is 6.08 Å². The third kappa shape index (κ3) is 4.32. The summed E-state index contributed by atoms with van der Waals surface area (Å²) in [7, 11) is 1.62. The van der Waals surface area contributed by atoms with Gasteiger partial charge in [-0.3, -0.25) is 4.79 Å². The molecule has 2 aromatic rings. The minimum Gasteiger partial charge on any atom is -0.497 e. The van der Waals surface area contributed by atoms with Crippen LogP contribution in [0.1, 0.15) is 24.1 Å². The first-order valence-electron chi connectivity index (χ1n) is 8.18. The number of benzene rings is 2. The fourth-order valence-electron chi connectivity index (χ4n) is 2.56. The summed E-state index contributed by atoms with van der Waals surface area (Å²) in [5.41, 5.74) is 1.90. The Morgan fingerprint density at radius 2 is 1.84 bits per heavy atom. The lowest BCUT2D eigenvalue weighted by atomic mass is 10.1. The van der Waals surface area contributed by atoms with Crippen LogP contribution in [-0.4, -0.2) is 26.2 Å². The molecule has 0 aliphatic carbocycles. The van der Waals surface area contributed by atoms with E-state index in [4.69, 9.17) is 14.2 Å². The molecule has 2 aromatic carbocycles. The van der Waals surface area contributed by atoms with E-state index in [0.29, 0.717) is 13.2 Å². The maximum Gasteiger partial charge on any atom is 0.244 e. The lowest BCUT2D eigenvalue weighted by Crippen LogP contribution is -2.25. The van der Waals surface area contributed by atoms with E-state index in [-0.39, 0.29) is 11.9 Å². The SMILES string of the molecule is COc1ccc(/C=C/C(=O)N[C@@H](C)c2ccc3c(c2)OCCO3)cc1. The zero-order chi connectivity index (χ0) is 17.6. The van der Waals surface area contributed by atoms with Gasteiger partial charge < -0.3 is 19.5 Å². The molecular formula is C20H21NO4. The van der Waals surface area contributed by atoms with Gasteiger partial charge in [0, 0.05) is 6.08 Å². The summed E-state index contributed by atoms with van der Waals surface area (Å²) in [6.07, 6.45) is 3.29. The maximum atomic E-state index is 12.1. The predicted molar refractivity (Wildman–Crippen MR) is 96.0 cm³/mol. The highest BCUT2D eigenvalue weighted by Crippen LogP contribution is 2.32. The number of hydrogen-bond donors (Lipinski definition) is 1. The second kappa shape index (κ2) is 7.75. The van der Waals surface area contributed by atoms with E-state index < -0.39 is 0 Å². The number of amides is 1. The van der Waals surface area contributed by atoms with Gasteiger partial charge in [-0.15, -0.1) is 0 Å². The molecular weight excluding hydrogens is 318 g/mol. The summed E-state index contributed by atoms with van der Waals surface area (Å²) in [6.45, 7) is 3.04. The minimum absolute atomic E-state index is 0.135. The average Bonchev–Trinajstić information content (AvgIpc) is 2.66. The summed E-state index contributed by atoms with van der Waals surface area (Å²) in [5, 5.41) is 2.95. The van der Waals surface area contributed by atoms with Gasteiger partial charge in [-0.05, 0) is 48.4 Å². The first-order valence-corrected chi connectivity index (χ1v) is 8.18. The molecule has 0 radical (unpaired) electrons. The monoisotopic (exact) mass is 339 g/mol. The molecule has 0 fully saturated rings. The number of nitrogens with one attached hydrogen (secondary N) is 1. The van der Waals surface area contributed by atoms with Crippen LogP contribution in [0.3, 0.4) is 0 Å². The zero-order valence-corrected chi connectivity index (χ0v) is 14.3. The normalized spacial score (nSPS) is 14.2. The van der Waals surface area contributed by atoms with E-state index in [1.807, 2.05) is 49.4 Å². The van der Waals surface area contributed by atoms with Crippen LogP contribution in [0, 0.1) is 0 Å².